The van der Waals surface area contributed by atoms with Gasteiger partial charge in [0.05, 0.1) is 13.2 Å². The van der Waals surface area contributed by atoms with Crippen LogP contribution in [-0.2, 0) is 6.42 Å². The quantitative estimate of drug-likeness (QED) is 0.730. The van der Waals surface area contributed by atoms with E-state index >= 15 is 0 Å². The molecule has 0 heterocycles. The van der Waals surface area contributed by atoms with E-state index in [0.29, 0.717) is 23.5 Å². The topological polar surface area (TPSA) is 49.7 Å². The molecule has 2 N–H and O–H groups in total. The fraction of sp³-hybridized carbons (Fsp3) is 0.462. The second kappa shape index (κ2) is 6.91. The lowest BCUT2D eigenvalue weighted by Crippen LogP contribution is -2.44. The van der Waals surface area contributed by atoms with Gasteiger partial charge in [-0.15, -0.1) is 0 Å². The molecule has 0 amide bonds. The Hall–Kier alpha value is -2.26. The number of phenols is 1. The van der Waals surface area contributed by atoms with Crippen LogP contribution in [-0.4, -0.2) is 23.4 Å². The second-order valence-corrected chi connectivity index (χ2v) is 9.44. The fourth-order valence-electron chi connectivity index (χ4n) is 6.48. The van der Waals surface area contributed by atoms with Crippen LogP contribution in [0.2, 0.25) is 0 Å². The fourth-order valence-corrected chi connectivity index (χ4v) is 6.48. The van der Waals surface area contributed by atoms with Gasteiger partial charge in [0.25, 0.3) is 0 Å². The minimum Gasteiger partial charge on any atom is -0.508 e. The summed E-state index contributed by atoms with van der Waals surface area (Å²) in [7, 11) is 1.68. The molecule has 5 atom stereocenters. The van der Waals surface area contributed by atoms with Crippen LogP contribution in [0.3, 0.4) is 0 Å². The van der Waals surface area contributed by atoms with E-state index in [1.54, 1.807) is 7.11 Å². The first-order valence-electron chi connectivity index (χ1n) is 10.8. The number of methoxy groups -OCH3 is 1. The molecule has 0 aliphatic heterocycles. The van der Waals surface area contributed by atoms with Gasteiger partial charge in [-0.1, -0.05) is 31.2 Å². The number of aliphatic hydroxyl groups is 1. The Balaban J connectivity index is 1.45. The van der Waals surface area contributed by atoms with Gasteiger partial charge < -0.3 is 14.9 Å². The molecule has 3 nitrogen and oxygen atoms in total. The third kappa shape index (κ3) is 2.98. The van der Waals surface area contributed by atoms with Crippen molar-refractivity contribution in [2.45, 2.75) is 51.0 Å². The number of hydrogen-bond acceptors (Lipinski definition) is 3. The lowest BCUT2D eigenvalue weighted by Gasteiger charge is -2.49. The molecule has 152 valence electrons. The van der Waals surface area contributed by atoms with E-state index in [-0.39, 0.29) is 11.5 Å². The van der Waals surface area contributed by atoms with E-state index in [0.717, 1.165) is 43.4 Å². The van der Waals surface area contributed by atoms with Gasteiger partial charge in [-0.05, 0) is 96.4 Å². The number of fused-ring (bicyclic) bond motifs is 5. The van der Waals surface area contributed by atoms with Crippen molar-refractivity contribution in [3.63, 3.8) is 0 Å². The Bertz CT molecular complexity index is 945. The Morgan fingerprint density at radius 2 is 1.90 bits per heavy atom. The lowest BCUT2D eigenvalue weighted by atomic mass is 9.55. The number of hydrogen-bond donors (Lipinski definition) is 2. The van der Waals surface area contributed by atoms with Gasteiger partial charge in [0, 0.05) is 5.41 Å². The highest BCUT2D eigenvalue weighted by molar-refractivity contribution is 5.56. The van der Waals surface area contributed by atoms with Crippen LogP contribution >= 0.6 is 0 Å². The SMILES string of the molecule is COc1ccc(/C=C2/CC3C4CCc5cc(O)ccc5C4CCC3(C)C2O)cc1. The molecular formula is C26H30O3. The number of aryl methyl sites for hydroxylation is 1. The summed E-state index contributed by atoms with van der Waals surface area (Å²) in [6.45, 7) is 2.31. The third-order valence-corrected chi connectivity index (χ3v) is 8.05. The smallest absolute Gasteiger partial charge is 0.118 e. The summed E-state index contributed by atoms with van der Waals surface area (Å²) in [5.74, 6) is 2.92. The van der Waals surface area contributed by atoms with E-state index in [1.807, 2.05) is 24.3 Å². The molecule has 2 aromatic rings. The van der Waals surface area contributed by atoms with Crippen molar-refractivity contribution in [2.24, 2.45) is 17.3 Å². The van der Waals surface area contributed by atoms with Crippen molar-refractivity contribution in [3.8, 4) is 11.5 Å². The maximum atomic E-state index is 11.3. The van der Waals surface area contributed by atoms with Crippen molar-refractivity contribution in [1.82, 2.24) is 0 Å². The average molecular weight is 391 g/mol. The number of benzene rings is 2. The molecule has 0 radical (unpaired) electrons. The van der Waals surface area contributed by atoms with E-state index in [2.05, 4.69) is 31.2 Å². The zero-order chi connectivity index (χ0) is 20.2. The van der Waals surface area contributed by atoms with Crippen molar-refractivity contribution >= 4 is 6.08 Å². The first kappa shape index (κ1) is 18.7. The summed E-state index contributed by atoms with van der Waals surface area (Å²) >= 11 is 0. The predicted octanol–water partition coefficient (Wildman–Crippen LogP) is 5.31. The Kier molecular flexibility index (Phi) is 4.47. The molecule has 5 unspecified atom stereocenters. The zero-order valence-electron chi connectivity index (χ0n) is 17.3. The maximum absolute atomic E-state index is 11.3. The minimum absolute atomic E-state index is 0.0338. The molecule has 2 aromatic carbocycles. The number of aliphatic hydroxyl groups excluding tert-OH is 1. The maximum Gasteiger partial charge on any atom is 0.118 e. The zero-order valence-corrected chi connectivity index (χ0v) is 17.3. The van der Waals surface area contributed by atoms with Crippen molar-refractivity contribution in [1.29, 1.82) is 0 Å². The van der Waals surface area contributed by atoms with E-state index < -0.39 is 0 Å². The molecule has 29 heavy (non-hydrogen) atoms. The number of aromatic hydroxyl groups is 1. The monoisotopic (exact) mass is 390 g/mol. The van der Waals surface area contributed by atoms with Crippen LogP contribution in [0, 0.1) is 17.3 Å². The molecule has 0 bridgehead atoms. The van der Waals surface area contributed by atoms with Gasteiger partial charge in [0.1, 0.15) is 11.5 Å². The highest BCUT2D eigenvalue weighted by atomic mass is 16.5. The molecule has 3 aliphatic carbocycles. The number of ether oxygens (including phenoxy) is 1. The first-order valence-corrected chi connectivity index (χ1v) is 10.8. The standard InChI is InChI=1S/C26H30O3/c1-26-12-11-22-21-10-6-19(27)14-17(21)5-9-23(22)24(26)15-18(25(26)28)13-16-3-7-20(29-2)8-4-16/h3-4,6-8,10,13-14,22-25,27-28H,5,9,11-12,15H2,1-2H3/b18-13-. The van der Waals surface area contributed by atoms with Gasteiger partial charge in [0.2, 0.25) is 0 Å². The Labute approximate surface area is 173 Å². The van der Waals surface area contributed by atoms with Gasteiger partial charge in [0.15, 0.2) is 0 Å². The Morgan fingerprint density at radius 1 is 1.10 bits per heavy atom. The lowest BCUT2D eigenvalue weighted by molar-refractivity contribution is -0.0158. The summed E-state index contributed by atoms with van der Waals surface area (Å²) in [5, 5.41) is 21.2. The van der Waals surface area contributed by atoms with Gasteiger partial charge in [-0.25, -0.2) is 0 Å². The molecule has 0 spiro atoms. The first-order chi connectivity index (χ1) is 14.0. The summed E-state index contributed by atoms with van der Waals surface area (Å²) < 4.78 is 5.26. The van der Waals surface area contributed by atoms with Gasteiger partial charge in [-0.2, -0.15) is 0 Å². The number of phenolic OH excluding ortho intramolecular Hbond substituents is 1. The normalized spacial score (nSPS) is 34.4. The largest absolute Gasteiger partial charge is 0.508 e. The van der Waals surface area contributed by atoms with Crippen molar-refractivity contribution in [2.75, 3.05) is 7.11 Å². The van der Waals surface area contributed by atoms with Crippen LogP contribution in [0.1, 0.15) is 55.2 Å². The summed E-state index contributed by atoms with van der Waals surface area (Å²) in [5.41, 5.74) is 5.03. The summed E-state index contributed by atoms with van der Waals surface area (Å²) in [6.07, 6.45) is 7.18. The molecule has 3 heteroatoms. The molecule has 0 aromatic heterocycles. The Morgan fingerprint density at radius 3 is 2.66 bits per heavy atom. The molecule has 5 rings (SSSR count). The van der Waals surface area contributed by atoms with Gasteiger partial charge in [-0.3, -0.25) is 0 Å². The van der Waals surface area contributed by atoms with Crippen molar-refractivity contribution < 1.29 is 14.9 Å². The average Bonchev–Trinajstić information content (AvgIpc) is 2.99. The highest BCUT2D eigenvalue weighted by Gasteiger charge is 2.56. The predicted molar refractivity (Wildman–Crippen MR) is 115 cm³/mol. The van der Waals surface area contributed by atoms with Crippen LogP contribution < -0.4 is 4.74 Å². The highest BCUT2D eigenvalue weighted by Crippen LogP contribution is 2.62. The van der Waals surface area contributed by atoms with Gasteiger partial charge >= 0.3 is 0 Å². The molecule has 0 saturated heterocycles. The van der Waals surface area contributed by atoms with Crippen LogP contribution in [0.5, 0.6) is 11.5 Å². The van der Waals surface area contributed by atoms with Crippen LogP contribution in [0.25, 0.3) is 6.08 Å². The van der Waals surface area contributed by atoms with Crippen LogP contribution in [0.15, 0.2) is 48.0 Å². The molecule has 2 fully saturated rings. The minimum atomic E-state index is -0.364. The summed E-state index contributed by atoms with van der Waals surface area (Å²) in [4.78, 5) is 0. The summed E-state index contributed by atoms with van der Waals surface area (Å²) in [6, 6.07) is 14.0. The third-order valence-electron chi connectivity index (χ3n) is 8.05. The van der Waals surface area contributed by atoms with Crippen molar-refractivity contribution in [3.05, 3.63) is 64.7 Å². The number of rotatable bonds is 2. The van der Waals surface area contributed by atoms with Crippen LogP contribution in [0.4, 0.5) is 0 Å². The molecule has 3 aliphatic rings. The van der Waals surface area contributed by atoms with E-state index in [9.17, 15) is 10.2 Å². The molecule has 2 saturated carbocycles. The van der Waals surface area contributed by atoms with E-state index in [1.165, 1.54) is 16.7 Å². The molecular weight excluding hydrogens is 360 g/mol. The second-order valence-electron chi connectivity index (χ2n) is 9.44. The van der Waals surface area contributed by atoms with E-state index in [4.69, 9.17) is 4.74 Å².